The molecule has 13 rings (SSSR count). The minimum atomic E-state index is -0.0702. The van der Waals surface area contributed by atoms with Gasteiger partial charge in [0.1, 0.15) is 23.1 Å². The molecule has 4 aromatic heterocycles. The molecule has 0 atom stereocenters. The van der Waals surface area contributed by atoms with Gasteiger partial charge in [-0.05, 0) is 113 Å². The SMILES string of the molecule is Cc1cccc2oc3c(-c4ccc(-n5c6ccccc6c6cc(-c7ccc8c(c7)c7ccccc7n8-c7ccc8c(c7)C(C)(C)c7ccccc7-8)ccc65)cc4)ncnc3c12. The molecule has 61 heavy (non-hydrogen) atoms. The molecule has 1 aliphatic rings. The summed E-state index contributed by atoms with van der Waals surface area (Å²) in [6.07, 6.45) is 1.64. The molecular weight excluding hydrogens is 745 g/mol. The smallest absolute Gasteiger partial charge is 0.180 e. The van der Waals surface area contributed by atoms with Crippen LogP contribution >= 0.6 is 0 Å². The standard InChI is InChI=1S/C56H38N4O/c1-33-11-10-18-51-52(33)54-55(61-51)53(57-32-58-54)34-19-23-37(24-20-34)59-47-16-8-5-13-41(47)43-29-35(21-27-49(43)59)36-22-28-50-44(30-36)42-14-6-9-17-48(42)60(50)38-25-26-40-39-12-4-7-15-45(39)56(2,3)46(40)31-38/h4-32H,1-3H3. The number of aromatic nitrogens is 4. The Morgan fingerprint density at radius 3 is 1.79 bits per heavy atom. The van der Waals surface area contributed by atoms with Gasteiger partial charge in [0.05, 0.1) is 22.1 Å². The summed E-state index contributed by atoms with van der Waals surface area (Å²) in [5.74, 6) is 0. The van der Waals surface area contributed by atoms with Crippen molar-refractivity contribution >= 4 is 65.7 Å². The molecule has 5 heteroatoms. The van der Waals surface area contributed by atoms with Crippen LogP contribution in [-0.4, -0.2) is 19.1 Å². The first-order chi connectivity index (χ1) is 29.9. The summed E-state index contributed by atoms with van der Waals surface area (Å²) in [5.41, 5.74) is 20.1. The van der Waals surface area contributed by atoms with Crippen LogP contribution in [0.15, 0.2) is 181 Å². The van der Waals surface area contributed by atoms with Crippen LogP contribution < -0.4 is 0 Å². The Kier molecular flexibility index (Phi) is 6.93. The third kappa shape index (κ3) is 4.77. The van der Waals surface area contributed by atoms with E-state index < -0.39 is 0 Å². The highest BCUT2D eigenvalue weighted by Gasteiger charge is 2.35. The molecule has 288 valence electrons. The van der Waals surface area contributed by atoms with Crippen LogP contribution in [0.25, 0.3) is 111 Å². The van der Waals surface area contributed by atoms with E-state index in [0.29, 0.717) is 5.58 Å². The first-order valence-corrected chi connectivity index (χ1v) is 21.0. The maximum Gasteiger partial charge on any atom is 0.180 e. The first-order valence-electron chi connectivity index (χ1n) is 21.0. The van der Waals surface area contributed by atoms with E-state index >= 15 is 0 Å². The van der Waals surface area contributed by atoms with Gasteiger partial charge in [0.15, 0.2) is 5.58 Å². The molecule has 0 radical (unpaired) electrons. The van der Waals surface area contributed by atoms with E-state index in [0.717, 1.165) is 44.5 Å². The summed E-state index contributed by atoms with van der Waals surface area (Å²) in [5, 5.41) is 5.98. The Hall–Kier alpha value is -7.76. The number of rotatable bonds is 4. The molecule has 0 unspecified atom stereocenters. The van der Waals surface area contributed by atoms with E-state index in [4.69, 9.17) is 9.40 Å². The number of hydrogen-bond donors (Lipinski definition) is 0. The lowest BCUT2D eigenvalue weighted by Crippen LogP contribution is -2.15. The topological polar surface area (TPSA) is 48.8 Å². The van der Waals surface area contributed by atoms with Crippen molar-refractivity contribution in [1.82, 2.24) is 19.1 Å². The van der Waals surface area contributed by atoms with Crippen LogP contribution in [-0.2, 0) is 5.41 Å². The largest absolute Gasteiger partial charge is 0.452 e. The van der Waals surface area contributed by atoms with Crippen molar-refractivity contribution in [2.75, 3.05) is 0 Å². The third-order valence-electron chi connectivity index (χ3n) is 13.4. The van der Waals surface area contributed by atoms with Gasteiger partial charge in [-0.15, -0.1) is 0 Å². The molecular formula is C56H38N4O. The second-order valence-corrected chi connectivity index (χ2v) is 17.1. The molecule has 0 saturated heterocycles. The molecule has 1 aliphatic carbocycles. The van der Waals surface area contributed by atoms with Gasteiger partial charge < -0.3 is 13.6 Å². The highest BCUT2D eigenvalue weighted by Crippen LogP contribution is 2.49. The van der Waals surface area contributed by atoms with Gasteiger partial charge in [-0.1, -0.05) is 117 Å². The van der Waals surface area contributed by atoms with Crippen molar-refractivity contribution in [2.24, 2.45) is 0 Å². The molecule has 0 saturated carbocycles. The van der Waals surface area contributed by atoms with E-state index in [2.05, 4.69) is 193 Å². The van der Waals surface area contributed by atoms with E-state index in [9.17, 15) is 0 Å². The van der Waals surface area contributed by atoms with E-state index in [1.54, 1.807) is 6.33 Å². The predicted molar refractivity (Wildman–Crippen MR) is 251 cm³/mol. The molecule has 0 amide bonds. The average molecular weight is 783 g/mol. The molecule has 0 N–H and O–H groups in total. The fraction of sp³-hybridized carbons (Fsp3) is 0.0714. The van der Waals surface area contributed by atoms with Crippen LogP contribution in [0, 0.1) is 6.92 Å². The summed E-state index contributed by atoms with van der Waals surface area (Å²) >= 11 is 0. The fourth-order valence-electron chi connectivity index (χ4n) is 10.5. The number of aryl methyl sites for hydroxylation is 1. The Morgan fingerprint density at radius 2 is 1.07 bits per heavy atom. The molecule has 12 aromatic rings. The Labute approximate surface area is 351 Å². The molecule has 0 spiro atoms. The summed E-state index contributed by atoms with van der Waals surface area (Å²) < 4.78 is 11.2. The van der Waals surface area contributed by atoms with Crippen LogP contribution in [0.2, 0.25) is 0 Å². The molecule has 0 fully saturated rings. The van der Waals surface area contributed by atoms with Crippen molar-refractivity contribution in [1.29, 1.82) is 0 Å². The molecule has 0 bridgehead atoms. The lowest BCUT2D eigenvalue weighted by atomic mass is 9.82. The number of furan rings is 1. The van der Waals surface area contributed by atoms with Gasteiger partial charge in [-0.25, -0.2) is 9.97 Å². The molecule has 0 aliphatic heterocycles. The van der Waals surface area contributed by atoms with E-state index in [1.165, 1.54) is 77.2 Å². The lowest BCUT2D eigenvalue weighted by molar-refractivity contribution is 0.660. The van der Waals surface area contributed by atoms with Gasteiger partial charge in [0.2, 0.25) is 0 Å². The monoisotopic (exact) mass is 782 g/mol. The van der Waals surface area contributed by atoms with Crippen molar-refractivity contribution in [3.63, 3.8) is 0 Å². The van der Waals surface area contributed by atoms with Crippen LogP contribution in [0.4, 0.5) is 0 Å². The predicted octanol–water partition coefficient (Wildman–Crippen LogP) is 14.5. The first kappa shape index (κ1) is 34.1. The average Bonchev–Trinajstić information content (AvgIpc) is 4.02. The van der Waals surface area contributed by atoms with Crippen LogP contribution in [0.5, 0.6) is 0 Å². The fourth-order valence-corrected chi connectivity index (χ4v) is 10.5. The highest BCUT2D eigenvalue weighted by atomic mass is 16.3. The van der Waals surface area contributed by atoms with E-state index in [-0.39, 0.29) is 5.41 Å². The summed E-state index contributed by atoms with van der Waals surface area (Å²) in [6.45, 7) is 6.80. The summed E-state index contributed by atoms with van der Waals surface area (Å²) in [7, 11) is 0. The quantitative estimate of drug-likeness (QED) is 0.179. The van der Waals surface area contributed by atoms with Crippen LogP contribution in [0.1, 0.15) is 30.5 Å². The number of nitrogens with zero attached hydrogens (tertiary/aromatic N) is 4. The Balaban J connectivity index is 0.911. The van der Waals surface area contributed by atoms with Gasteiger partial charge >= 0.3 is 0 Å². The van der Waals surface area contributed by atoms with Gasteiger partial charge in [-0.2, -0.15) is 0 Å². The zero-order valence-corrected chi connectivity index (χ0v) is 33.9. The van der Waals surface area contributed by atoms with Crippen molar-refractivity contribution in [2.45, 2.75) is 26.2 Å². The van der Waals surface area contributed by atoms with Gasteiger partial charge in [-0.3, -0.25) is 0 Å². The zero-order valence-electron chi connectivity index (χ0n) is 33.9. The minimum Gasteiger partial charge on any atom is -0.452 e. The highest BCUT2D eigenvalue weighted by molar-refractivity contribution is 6.13. The number of fused-ring (bicyclic) bond motifs is 12. The van der Waals surface area contributed by atoms with Crippen molar-refractivity contribution < 1.29 is 4.42 Å². The number of hydrogen-bond acceptors (Lipinski definition) is 3. The minimum absolute atomic E-state index is 0.0702. The molecule has 8 aromatic carbocycles. The van der Waals surface area contributed by atoms with E-state index in [1.807, 2.05) is 12.1 Å². The van der Waals surface area contributed by atoms with Crippen molar-refractivity contribution in [3.8, 4) is 44.9 Å². The zero-order chi connectivity index (χ0) is 40.6. The van der Waals surface area contributed by atoms with Crippen molar-refractivity contribution in [3.05, 3.63) is 193 Å². The van der Waals surface area contributed by atoms with Gasteiger partial charge in [0, 0.05) is 49.3 Å². The molecule has 4 heterocycles. The summed E-state index contributed by atoms with van der Waals surface area (Å²) in [6, 6.07) is 62.1. The third-order valence-corrected chi connectivity index (χ3v) is 13.4. The second kappa shape index (κ2) is 12.4. The lowest BCUT2D eigenvalue weighted by Gasteiger charge is -2.22. The van der Waals surface area contributed by atoms with Crippen LogP contribution in [0.3, 0.4) is 0 Å². The van der Waals surface area contributed by atoms with Gasteiger partial charge in [0.25, 0.3) is 0 Å². The number of para-hydroxylation sites is 2. The second-order valence-electron chi connectivity index (χ2n) is 17.1. The summed E-state index contributed by atoms with van der Waals surface area (Å²) in [4.78, 5) is 9.32. The Bertz CT molecular complexity index is 3800. The Morgan fingerprint density at radius 1 is 0.475 bits per heavy atom. The maximum absolute atomic E-state index is 6.35. The number of benzene rings is 8. The maximum atomic E-state index is 6.35. The molecule has 5 nitrogen and oxygen atoms in total. The normalized spacial score (nSPS) is 13.3.